The third-order valence-electron chi connectivity index (χ3n) is 12.2. The Morgan fingerprint density at radius 3 is 1.39 bits per heavy atom. The Morgan fingerprint density at radius 1 is 0.295 bits per heavy atom. The highest BCUT2D eigenvalue weighted by Gasteiger charge is 2.38. The number of rotatable bonds is 9. The molecule has 0 aliphatic rings. The second-order valence-corrected chi connectivity index (χ2v) is 15.6. The van der Waals surface area contributed by atoms with Gasteiger partial charge in [0.1, 0.15) is 5.58 Å². The SMILES string of the molecule is c1ccc(-c2ccc(N(c3ccc(-c4ccc(C(c5ccccc5)(c5ccccc5)c5ccccc5)cc4)c4ccccc34)c3cccc4c3oc3ccccc34)cc2)cc1. The molecular weight excluding hydrogens is 739 g/mol. The number of fused-ring (bicyclic) bond motifs is 4. The number of furan rings is 1. The van der Waals surface area contributed by atoms with E-state index in [1.165, 1.54) is 44.3 Å². The molecule has 0 spiro atoms. The molecule has 288 valence electrons. The third kappa shape index (κ3) is 6.20. The van der Waals surface area contributed by atoms with Crippen LogP contribution in [0.1, 0.15) is 22.3 Å². The van der Waals surface area contributed by atoms with Gasteiger partial charge in [-0.2, -0.15) is 0 Å². The molecule has 11 aromatic rings. The zero-order valence-electron chi connectivity index (χ0n) is 33.5. The van der Waals surface area contributed by atoms with Crippen molar-refractivity contribution in [1.29, 1.82) is 0 Å². The molecule has 61 heavy (non-hydrogen) atoms. The van der Waals surface area contributed by atoms with E-state index in [0.717, 1.165) is 50.0 Å². The molecule has 0 saturated heterocycles. The maximum absolute atomic E-state index is 6.70. The van der Waals surface area contributed by atoms with Crippen molar-refractivity contribution in [2.24, 2.45) is 0 Å². The molecule has 0 saturated carbocycles. The number of hydrogen-bond acceptors (Lipinski definition) is 2. The van der Waals surface area contributed by atoms with Gasteiger partial charge in [0.05, 0.1) is 16.8 Å². The van der Waals surface area contributed by atoms with E-state index in [0.29, 0.717) is 0 Å². The molecule has 0 aliphatic carbocycles. The fourth-order valence-electron chi connectivity index (χ4n) is 9.44. The first kappa shape index (κ1) is 36.2. The summed E-state index contributed by atoms with van der Waals surface area (Å²) in [5, 5.41) is 4.53. The lowest BCUT2D eigenvalue weighted by Gasteiger charge is -2.37. The first-order valence-electron chi connectivity index (χ1n) is 20.9. The molecule has 0 amide bonds. The first-order valence-corrected chi connectivity index (χ1v) is 20.9. The van der Waals surface area contributed by atoms with E-state index in [2.05, 4.69) is 248 Å². The third-order valence-corrected chi connectivity index (χ3v) is 12.2. The molecule has 1 aromatic heterocycles. The van der Waals surface area contributed by atoms with Crippen molar-refractivity contribution < 1.29 is 4.42 Å². The Kier molecular flexibility index (Phi) is 9.09. The van der Waals surface area contributed by atoms with Crippen LogP contribution in [0.3, 0.4) is 0 Å². The van der Waals surface area contributed by atoms with Gasteiger partial charge in [-0.25, -0.2) is 0 Å². The second-order valence-electron chi connectivity index (χ2n) is 15.6. The minimum atomic E-state index is -0.511. The van der Waals surface area contributed by atoms with E-state index in [9.17, 15) is 0 Å². The van der Waals surface area contributed by atoms with Crippen molar-refractivity contribution in [3.05, 3.63) is 271 Å². The Morgan fingerprint density at radius 2 is 0.770 bits per heavy atom. The summed E-state index contributed by atoms with van der Waals surface area (Å²) in [6.07, 6.45) is 0. The molecule has 0 atom stereocenters. The summed E-state index contributed by atoms with van der Waals surface area (Å²) in [5.41, 5.74) is 13.9. The molecule has 10 aromatic carbocycles. The molecule has 0 N–H and O–H groups in total. The summed E-state index contributed by atoms with van der Waals surface area (Å²) in [4.78, 5) is 2.36. The maximum atomic E-state index is 6.70. The number of para-hydroxylation sites is 2. The van der Waals surface area contributed by atoms with Crippen LogP contribution in [0.5, 0.6) is 0 Å². The van der Waals surface area contributed by atoms with Crippen molar-refractivity contribution in [3.8, 4) is 22.3 Å². The summed E-state index contributed by atoms with van der Waals surface area (Å²) in [5.74, 6) is 0. The minimum Gasteiger partial charge on any atom is -0.454 e. The maximum Gasteiger partial charge on any atom is 0.159 e. The van der Waals surface area contributed by atoms with Gasteiger partial charge in [-0.15, -0.1) is 0 Å². The Balaban J connectivity index is 1.08. The van der Waals surface area contributed by atoms with E-state index in [1.54, 1.807) is 0 Å². The van der Waals surface area contributed by atoms with Crippen LogP contribution in [0.4, 0.5) is 17.1 Å². The summed E-state index contributed by atoms with van der Waals surface area (Å²) in [6.45, 7) is 0. The molecule has 0 bridgehead atoms. The van der Waals surface area contributed by atoms with E-state index in [4.69, 9.17) is 4.42 Å². The van der Waals surface area contributed by atoms with Crippen LogP contribution in [0.25, 0.3) is 55.0 Å². The van der Waals surface area contributed by atoms with Crippen molar-refractivity contribution in [2.45, 2.75) is 5.41 Å². The van der Waals surface area contributed by atoms with Gasteiger partial charge in [0.25, 0.3) is 0 Å². The molecule has 1 heterocycles. The first-order chi connectivity index (χ1) is 30.3. The molecular formula is C59H41NO. The number of nitrogens with zero attached hydrogens (tertiary/aromatic N) is 1. The molecule has 0 aliphatic heterocycles. The average molecular weight is 780 g/mol. The normalized spacial score (nSPS) is 11.6. The van der Waals surface area contributed by atoms with Crippen molar-refractivity contribution in [1.82, 2.24) is 0 Å². The molecule has 2 nitrogen and oxygen atoms in total. The summed E-state index contributed by atoms with van der Waals surface area (Å²) < 4.78 is 6.70. The Bertz CT molecular complexity index is 3170. The van der Waals surface area contributed by atoms with Crippen molar-refractivity contribution in [3.63, 3.8) is 0 Å². The van der Waals surface area contributed by atoms with Crippen LogP contribution in [0.2, 0.25) is 0 Å². The molecule has 0 fully saturated rings. The highest BCUT2D eigenvalue weighted by Crippen LogP contribution is 2.48. The monoisotopic (exact) mass is 779 g/mol. The summed E-state index contributed by atoms with van der Waals surface area (Å²) >= 11 is 0. The lowest BCUT2D eigenvalue weighted by atomic mass is 9.65. The largest absolute Gasteiger partial charge is 0.454 e. The van der Waals surface area contributed by atoms with E-state index in [-0.39, 0.29) is 0 Å². The van der Waals surface area contributed by atoms with Crippen LogP contribution in [-0.4, -0.2) is 0 Å². The average Bonchev–Trinajstić information content (AvgIpc) is 3.73. The number of anilines is 3. The van der Waals surface area contributed by atoms with E-state index in [1.807, 2.05) is 6.07 Å². The predicted molar refractivity (Wildman–Crippen MR) is 255 cm³/mol. The van der Waals surface area contributed by atoms with Gasteiger partial charge < -0.3 is 9.32 Å². The van der Waals surface area contributed by atoms with E-state index < -0.39 is 5.41 Å². The van der Waals surface area contributed by atoms with Gasteiger partial charge in [0.15, 0.2) is 5.58 Å². The van der Waals surface area contributed by atoms with Gasteiger partial charge in [-0.1, -0.05) is 218 Å². The van der Waals surface area contributed by atoms with Gasteiger partial charge in [0.2, 0.25) is 0 Å². The standard InChI is InChI=1S/C59H41NO/c1-5-18-42(19-6-1)43-34-38-49(39-35-43)60(56-30-17-29-54-53-28-15-16-31-57(53)61-58(54)56)55-41-40-50(51-26-13-14-27-52(51)55)44-32-36-48(37-33-44)59(45-20-7-2-8-21-45,46-22-9-3-10-23-46)47-24-11-4-12-25-47/h1-41H. The number of benzene rings is 10. The van der Waals surface area contributed by atoms with Crippen LogP contribution in [0, 0.1) is 0 Å². The summed E-state index contributed by atoms with van der Waals surface area (Å²) in [7, 11) is 0. The molecule has 0 radical (unpaired) electrons. The highest BCUT2D eigenvalue weighted by atomic mass is 16.3. The van der Waals surface area contributed by atoms with Crippen molar-refractivity contribution >= 4 is 49.8 Å². The fourth-order valence-corrected chi connectivity index (χ4v) is 9.44. The fraction of sp³-hybridized carbons (Fsp3) is 0.0169. The Hall–Kier alpha value is -7.94. The highest BCUT2D eigenvalue weighted by molar-refractivity contribution is 6.12. The lowest BCUT2D eigenvalue weighted by molar-refractivity contribution is 0.669. The van der Waals surface area contributed by atoms with E-state index >= 15 is 0 Å². The van der Waals surface area contributed by atoms with Crippen molar-refractivity contribution in [2.75, 3.05) is 4.90 Å². The number of hydrogen-bond donors (Lipinski definition) is 0. The zero-order valence-corrected chi connectivity index (χ0v) is 33.5. The summed E-state index contributed by atoms with van der Waals surface area (Å²) in [6, 6.07) is 89.6. The Labute approximate surface area is 356 Å². The quantitative estimate of drug-likeness (QED) is 0.136. The molecule has 2 heteroatoms. The van der Waals surface area contributed by atoms with Crippen LogP contribution in [-0.2, 0) is 5.41 Å². The lowest BCUT2D eigenvalue weighted by Crippen LogP contribution is -2.30. The van der Waals surface area contributed by atoms with Gasteiger partial charge in [0, 0.05) is 21.8 Å². The minimum absolute atomic E-state index is 0.511. The molecule has 11 rings (SSSR count). The smallest absolute Gasteiger partial charge is 0.159 e. The zero-order chi connectivity index (χ0) is 40.6. The predicted octanol–water partition coefficient (Wildman–Crippen LogP) is 15.9. The van der Waals surface area contributed by atoms with Crippen LogP contribution < -0.4 is 4.90 Å². The van der Waals surface area contributed by atoms with Gasteiger partial charge in [-0.05, 0) is 80.2 Å². The van der Waals surface area contributed by atoms with Crippen LogP contribution in [0.15, 0.2) is 253 Å². The second kappa shape index (κ2) is 15.3. The topological polar surface area (TPSA) is 16.4 Å². The molecule has 0 unspecified atom stereocenters. The van der Waals surface area contributed by atoms with Gasteiger partial charge >= 0.3 is 0 Å². The van der Waals surface area contributed by atoms with Crippen LogP contribution >= 0.6 is 0 Å². The van der Waals surface area contributed by atoms with Gasteiger partial charge in [-0.3, -0.25) is 0 Å².